The number of rotatable bonds is 4. The summed E-state index contributed by atoms with van der Waals surface area (Å²) in [5.41, 5.74) is 0. The highest BCUT2D eigenvalue weighted by molar-refractivity contribution is 9.09. The van der Waals surface area contributed by atoms with Crippen molar-refractivity contribution in [3.63, 3.8) is 0 Å². The maximum absolute atomic E-state index is 3.60. The largest absolute Gasteiger partial charge is 0.300 e. The van der Waals surface area contributed by atoms with E-state index in [0.29, 0.717) is 0 Å². The summed E-state index contributed by atoms with van der Waals surface area (Å²) in [7, 11) is 0. The summed E-state index contributed by atoms with van der Waals surface area (Å²) in [6.45, 7) is 7.27. The molecule has 1 aliphatic rings. The van der Waals surface area contributed by atoms with E-state index in [2.05, 4.69) is 34.7 Å². The fourth-order valence-electron chi connectivity index (χ4n) is 2.36. The lowest BCUT2D eigenvalue weighted by Crippen LogP contribution is -2.42. The molecular weight excluding hydrogens is 226 g/mol. The first-order valence-electron chi connectivity index (χ1n) is 5.61. The molecule has 1 saturated heterocycles. The SMILES string of the molecule is CCC(CC)N1CCCC(CBr)C1. The van der Waals surface area contributed by atoms with Gasteiger partial charge in [-0.15, -0.1) is 0 Å². The maximum Gasteiger partial charge on any atom is 0.00901 e. The molecule has 0 radical (unpaired) electrons. The Morgan fingerprint density at radius 2 is 2.08 bits per heavy atom. The van der Waals surface area contributed by atoms with E-state index in [4.69, 9.17) is 0 Å². The summed E-state index contributed by atoms with van der Waals surface area (Å²) in [5.74, 6) is 0.898. The van der Waals surface area contributed by atoms with Crippen LogP contribution in [0.5, 0.6) is 0 Å². The number of piperidine rings is 1. The van der Waals surface area contributed by atoms with E-state index >= 15 is 0 Å². The third-order valence-electron chi connectivity index (χ3n) is 3.23. The van der Waals surface area contributed by atoms with Crippen LogP contribution in [-0.4, -0.2) is 29.4 Å². The van der Waals surface area contributed by atoms with Crippen LogP contribution in [0.15, 0.2) is 0 Å². The summed E-state index contributed by atoms with van der Waals surface area (Å²) in [6.07, 6.45) is 5.44. The molecule has 0 aromatic rings. The van der Waals surface area contributed by atoms with Gasteiger partial charge in [-0.2, -0.15) is 0 Å². The molecule has 1 fully saturated rings. The van der Waals surface area contributed by atoms with Crippen LogP contribution >= 0.6 is 15.9 Å². The molecule has 13 heavy (non-hydrogen) atoms. The van der Waals surface area contributed by atoms with Gasteiger partial charge in [0.15, 0.2) is 0 Å². The number of alkyl halides is 1. The van der Waals surface area contributed by atoms with Crippen LogP contribution in [0, 0.1) is 5.92 Å². The lowest BCUT2D eigenvalue weighted by atomic mass is 9.97. The fraction of sp³-hybridized carbons (Fsp3) is 1.00. The van der Waals surface area contributed by atoms with Crippen molar-refractivity contribution in [2.24, 2.45) is 5.92 Å². The van der Waals surface area contributed by atoms with Crippen LogP contribution in [0.4, 0.5) is 0 Å². The number of hydrogen-bond acceptors (Lipinski definition) is 1. The van der Waals surface area contributed by atoms with Crippen molar-refractivity contribution in [3.8, 4) is 0 Å². The average Bonchev–Trinajstić information content (AvgIpc) is 2.20. The summed E-state index contributed by atoms with van der Waals surface area (Å²) >= 11 is 3.60. The zero-order valence-corrected chi connectivity index (χ0v) is 10.5. The second kappa shape index (κ2) is 6.02. The molecule has 1 atom stereocenters. The third kappa shape index (κ3) is 3.25. The molecule has 0 aromatic carbocycles. The van der Waals surface area contributed by atoms with Crippen molar-refractivity contribution in [3.05, 3.63) is 0 Å². The summed E-state index contributed by atoms with van der Waals surface area (Å²) in [4.78, 5) is 2.69. The molecule has 0 bridgehead atoms. The first kappa shape index (κ1) is 11.5. The van der Waals surface area contributed by atoms with Crippen molar-refractivity contribution in [1.82, 2.24) is 4.90 Å². The molecular formula is C11H22BrN. The van der Waals surface area contributed by atoms with Crippen molar-refractivity contribution in [2.45, 2.75) is 45.6 Å². The van der Waals surface area contributed by atoms with Gasteiger partial charge in [-0.05, 0) is 38.1 Å². The summed E-state index contributed by atoms with van der Waals surface area (Å²) < 4.78 is 0. The van der Waals surface area contributed by atoms with Gasteiger partial charge in [0, 0.05) is 17.9 Å². The lowest BCUT2D eigenvalue weighted by Gasteiger charge is -2.37. The Hall–Kier alpha value is 0.440. The van der Waals surface area contributed by atoms with Crippen LogP contribution < -0.4 is 0 Å². The highest BCUT2D eigenvalue weighted by atomic mass is 79.9. The van der Waals surface area contributed by atoms with Gasteiger partial charge in [0.05, 0.1) is 0 Å². The standard InChI is InChI=1S/C11H22BrN/c1-3-11(4-2)13-7-5-6-10(8-12)9-13/h10-11H,3-9H2,1-2H3. The van der Waals surface area contributed by atoms with Crippen LogP contribution in [0.2, 0.25) is 0 Å². The topological polar surface area (TPSA) is 3.24 Å². The Morgan fingerprint density at radius 3 is 2.62 bits per heavy atom. The minimum atomic E-state index is 0.835. The van der Waals surface area contributed by atoms with E-state index in [1.165, 1.54) is 44.1 Å². The van der Waals surface area contributed by atoms with Crippen molar-refractivity contribution in [1.29, 1.82) is 0 Å². The van der Waals surface area contributed by atoms with Crippen LogP contribution in [0.3, 0.4) is 0 Å². The quantitative estimate of drug-likeness (QED) is 0.690. The number of halogens is 1. The van der Waals surface area contributed by atoms with Crippen molar-refractivity contribution in [2.75, 3.05) is 18.4 Å². The van der Waals surface area contributed by atoms with Crippen molar-refractivity contribution < 1.29 is 0 Å². The highest BCUT2D eigenvalue weighted by Gasteiger charge is 2.22. The van der Waals surface area contributed by atoms with Crippen LogP contribution in [-0.2, 0) is 0 Å². The van der Waals surface area contributed by atoms with Gasteiger partial charge < -0.3 is 4.90 Å². The Morgan fingerprint density at radius 1 is 1.38 bits per heavy atom. The first-order valence-corrected chi connectivity index (χ1v) is 6.73. The monoisotopic (exact) mass is 247 g/mol. The summed E-state index contributed by atoms with van der Waals surface area (Å²) in [5, 5.41) is 1.18. The molecule has 1 nitrogen and oxygen atoms in total. The average molecular weight is 248 g/mol. The molecule has 0 aromatic heterocycles. The molecule has 0 spiro atoms. The zero-order valence-electron chi connectivity index (χ0n) is 8.93. The van der Waals surface area contributed by atoms with E-state index in [0.717, 1.165) is 12.0 Å². The zero-order chi connectivity index (χ0) is 9.68. The molecule has 0 amide bonds. The number of hydrogen-bond donors (Lipinski definition) is 0. The van der Waals surface area contributed by atoms with Crippen LogP contribution in [0.25, 0.3) is 0 Å². The van der Waals surface area contributed by atoms with Gasteiger partial charge in [-0.25, -0.2) is 0 Å². The maximum atomic E-state index is 3.60. The van der Waals surface area contributed by atoms with Gasteiger partial charge in [0.2, 0.25) is 0 Å². The predicted octanol–water partition coefficient (Wildman–Crippen LogP) is 3.28. The van der Waals surface area contributed by atoms with Gasteiger partial charge in [-0.1, -0.05) is 29.8 Å². The Bertz CT molecular complexity index is 134. The van der Waals surface area contributed by atoms with E-state index in [9.17, 15) is 0 Å². The van der Waals surface area contributed by atoms with Gasteiger partial charge >= 0.3 is 0 Å². The minimum absolute atomic E-state index is 0.835. The molecule has 1 heterocycles. The normalized spacial score (nSPS) is 25.4. The molecule has 1 unspecified atom stereocenters. The van der Waals surface area contributed by atoms with E-state index in [1.54, 1.807) is 0 Å². The smallest absolute Gasteiger partial charge is 0.00901 e. The van der Waals surface area contributed by atoms with Crippen molar-refractivity contribution >= 4 is 15.9 Å². The van der Waals surface area contributed by atoms with E-state index < -0.39 is 0 Å². The Kier molecular flexibility index (Phi) is 5.34. The molecule has 0 saturated carbocycles. The van der Waals surface area contributed by atoms with E-state index in [-0.39, 0.29) is 0 Å². The molecule has 2 heteroatoms. The van der Waals surface area contributed by atoms with Gasteiger partial charge in [0.25, 0.3) is 0 Å². The van der Waals surface area contributed by atoms with Gasteiger partial charge in [-0.3, -0.25) is 0 Å². The first-order chi connectivity index (χ1) is 6.31. The third-order valence-corrected chi connectivity index (χ3v) is 4.14. The molecule has 0 N–H and O–H groups in total. The second-order valence-electron chi connectivity index (χ2n) is 4.13. The predicted molar refractivity (Wildman–Crippen MR) is 62.5 cm³/mol. The van der Waals surface area contributed by atoms with Gasteiger partial charge in [0.1, 0.15) is 0 Å². The molecule has 0 aliphatic carbocycles. The minimum Gasteiger partial charge on any atom is -0.300 e. The Labute approximate surface area is 91.0 Å². The molecule has 1 rings (SSSR count). The van der Waals surface area contributed by atoms with E-state index in [1.807, 2.05) is 0 Å². The number of nitrogens with zero attached hydrogens (tertiary/aromatic N) is 1. The molecule has 78 valence electrons. The fourth-order valence-corrected chi connectivity index (χ4v) is 2.89. The second-order valence-corrected chi connectivity index (χ2v) is 4.78. The lowest BCUT2D eigenvalue weighted by molar-refractivity contribution is 0.125. The number of likely N-dealkylation sites (tertiary alicyclic amines) is 1. The summed E-state index contributed by atoms with van der Waals surface area (Å²) in [6, 6.07) is 0.835. The molecule has 1 aliphatic heterocycles. The Balaban J connectivity index is 2.40. The highest BCUT2D eigenvalue weighted by Crippen LogP contribution is 2.22. The van der Waals surface area contributed by atoms with Crippen LogP contribution in [0.1, 0.15) is 39.5 Å².